The summed E-state index contributed by atoms with van der Waals surface area (Å²) in [5, 5.41) is 13.3. The van der Waals surface area contributed by atoms with E-state index in [1.807, 2.05) is 30.3 Å². The molecule has 0 aliphatic carbocycles. The van der Waals surface area contributed by atoms with Crippen molar-refractivity contribution < 1.29 is 14.6 Å². The molecular weight excluding hydrogens is 352 g/mol. The monoisotopic (exact) mass is 390 g/mol. The molecule has 2 unspecified atom stereocenters. The van der Waals surface area contributed by atoms with Crippen molar-refractivity contribution in [3.63, 3.8) is 0 Å². The molecule has 28 heavy (non-hydrogen) atoms. The number of carbonyl (C=O) groups excluding carboxylic acids is 1. The van der Waals surface area contributed by atoms with Crippen LogP contribution in [-0.4, -0.2) is 48.4 Å². The van der Waals surface area contributed by atoms with E-state index in [9.17, 15) is 9.90 Å². The number of nitrogens with one attached hydrogen (secondary N) is 1. The predicted octanol–water partition coefficient (Wildman–Crippen LogP) is 4.03. The fourth-order valence-electron chi connectivity index (χ4n) is 3.63. The number of aliphatic hydroxyl groups is 1. The van der Waals surface area contributed by atoms with Gasteiger partial charge in [0, 0.05) is 26.1 Å². The van der Waals surface area contributed by atoms with Crippen LogP contribution in [0.3, 0.4) is 0 Å². The summed E-state index contributed by atoms with van der Waals surface area (Å²) in [6.07, 6.45) is 9.08. The third-order valence-electron chi connectivity index (χ3n) is 5.38. The lowest BCUT2D eigenvalue weighted by molar-refractivity contribution is -0.128. The van der Waals surface area contributed by atoms with Crippen molar-refractivity contribution in [2.45, 2.75) is 77.0 Å². The molecular formula is C23H38N2O3. The number of hydrogen-bond acceptors (Lipinski definition) is 4. The van der Waals surface area contributed by atoms with Gasteiger partial charge in [0.25, 0.3) is 0 Å². The second-order valence-electron chi connectivity index (χ2n) is 7.81. The Morgan fingerprint density at radius 2 is 1.89 bits per heavy atom. The van der Waals surface area contributed by atoms with E-state index in [2.05, 4.69) is 17.1 Å². The van der Waals surface area contributed by atoms with Gasteiger partial charge in [-0.2, -0.15) is 0 Å². The number of unbranched alkanes of at least 4 members (excludes halogenated alkanes) is 6. The van der Waals surface area contributed by atoms with Crippen LogP contribution in [0.15, 0.2) is 30.3 Å². The van der Waals surface area contributed by atoms with Gasteiger partial charge in [0.2, 0.25) is 5.91 Å². The fraction of sp³-hybridized carbons (Fsp3) is 0.696. The summed E-state index contributed by atoms with van der Waals surface area (Å²) in [5.41, 5.74) is 0.954. The van der Waals surface area contributed by atoms with Crippen LogP contribution in [0.5, 0.6) is 0 Å². The van der Waals surface area contributed by atoms with E-state index < -0.39 is 6.10 Å². The fourth-order valence-corrected chi connectivity index (χ4v) is 3.63. The predicted molar refractivity (Wildman–Crippen MR) is 113 cm³/mol. The number of hydrogen-bond donors (Lipinski definition) is 2. The Labute approximate surface area is 170 Å². The first-order valence-corrected chi connectivity index (χ1v) is 11.1. The average Bonchev–Trinajstić information content (AvgIpc) is 2.72. The molecule has 0 radical (unpaired) electrons. The molecule has 158 valence electrons. The molecule has 1 aromatic rings. The number of carbonyl (C=O) groups is 1. The lowest BCUT2D eigenvalue weighted by atomic mass is 10.1. The highest BCUT2D eigenvalue weighted by atomic mass is 16.5. The van der Waals surface area contributed by atoms with Gasteiger partial charge in [-0.3, -0.25) is 9.69 Å². The van der Waals surface area contributed by atoms with Crippen LogP contribution in [-0.2, 0) is 9.53 Å². The highest BCUT2D eigenvalue weighted by molar-refractivity contribution is 5.76. The SMILES string of the molecule is CCCCCCCCCC(=O)NC1CN(CCC(O)c2ccccc2)CCO1. The summed E-state index contributed by atoms with van der Waals surface area (Å²) in [7, 11) is 0. The van der Waals surface area contributed by atoms with Gasteiger partial charge in [0.05, 0.1) is 12.7 Å². The van der Waals surface area contributed by atoms with E-state index in [0.29, 0.717) is 26.0 Å². The number of ether oxygens (including phenoxy) is 1. The minimum Gasteiger partial charge on any atom is -0.388 e. The van der Waals surface area contributed by atoms with E-state index in [0.717, 1.165) is 31.5 Å². The Bertz CT molecular complexity index is 538. The quantitative estimate of drug-likeness (QED) is 0.499. The summed E-state index contributed by atoms with van der Waals surface area (Å²) >= 11 is 0. The van der Waals surface area contributed by atoms with E-state index in [1.54, 1.807) is 0 Å². The van der Waals surface area contributed by atoms with Crippen molar-refractivity contribution in [2.24, 2.45) is 0 Å². The molecule has 1 aromatic carbocycles. The van der Waals surface area contributed by atoms with Gasteiger partial charge in [0.1, 0.15) is 6.23 Å². The zero-order valence-corrected chi connectivity index (χ0v) is 17.4. The highest BCUT2D eigenvalue weighted by Gasteiger charge is 2.22. The van der Waals surface area contributed by atoms with Crippen molar-refractivity contribution in [3.05, 3.63) is 35.9 Å². The average molecular weight is 391 g/mol. The van der Waals surface area contributed by atoms with Crippen LogP contribution in [0.1, 0.15) is 76.4 Å². The molecule has 5 heteroatoms. The Hall–Kier alpha value is -1.43. The van der Waals surface area contributed by atoms with Crippen LogP contribution in [0.25, 0.3) is 0 Å². The zero-order valence-electron chi connectivity index (χ0n) is 17.4. The molecule has 1 heterocycles. The van der Waals surface area contributed by atoms with E-state index in [4.69, 9.17) is 4.74 Å². The molecule has 1 amide bonds. The van der Waals surface area contributed by atoms with Gasteiger partial charge in [-0.15, -0.1) is 0 Å². The number of benzene rings is 1. The van der Waals surface area contributed by atoms with Gasteiger partial charge in [0.15, 0.2) is 0 Å². The van der Waals surface area contributed by atoms with Gasteiger partial charge in [-0.25, -0.2) is 0 Å². The van der Waals surface area contributed by atoms with Gasteiger partial charge < -0.3 is 15.2 Å². The van der Waals surface area contributed by atoms with E-state index >= 15 is 0 Å². The summed E-state index contributed by atoms with van der Waals surface area (Å²) < 4.78 is 5.71. The third-order valence-corrected chi connectivity index (χ3v) is 5.38. The standard InChI is InChI=1S/C23H38N2O3/c1-2-3-4-5-6-7-11-14-22(27)24-23-19-25(17-18-28-23)16-15-21(26)20-12-9-8-10-13-20/h8-10,12-13,21,23,26H,2-7,11,14-19H2,1H3,(H,24,27). The highest BCUT2D eigenvalue weighted by Crippen LogP contribution is 2.17. The largest absolute Gasteiger partial charge is 0.388 e. The second kappa shape index (κ2) is 13.7. The summed E-state index contributed by atoms with van der Waals surface area (Å²) in [5.74, 6) is 0.0877. The van der Waals surface area contributed by atoms with E-state index in [-0.39, 0.29) is 12.1 Å². The van der Waals surface area contributed by atoms with Crippen molar-refractivity contribution in [1.82, 2.24) is 10.2 Å². The molecule has 5 nitrogen and oxygen atoms in total. The second-order valence-corrected chi connectivity index (χ2v) is 7.81. The molecule has 2 rings (SSSR count). The first-order valence-electron chi connectivity index (χ1n) is 11.1. The number of nitrogens with zero attached hydrogens (tertiary/aromatic N) is 1. The van der Waals surface area contributed by atoms with Gasteiger partial charge in [-0.1, -0.05) is 75.8 Å². The number of rotatable bonds is 13. The Kier molecular flexibility index (Phi) is 11.2. The van der Waals surface area contributed by atoms with Crippen LogP contribution >= 0.6 is 0 Å². The maximum absolute atomic E-state index is 12.2. The van der Waals surface area contributed by atoms with Crippen LogP contribution in [0.4, 0.5) is 0 Å². The minimum atomic E-state index is -0.450. The number of morpholine rings is 1. The Morgan fingerprint density at radius 3 is 2.64 bits per heavy atom. The molecule has 0 spiro atoms. The third kappa shape index (κ3) is 9.18. The van der Waals surface area contributed by atoms with Crippen molar-refractivity contribution in [3.8, 4) is 0 Å². The summed E-state index contributed by atoms with van der Waals surface area (Å²) in [4.78, 5) is 14.4. The first-order chi connectivity index (χ1) is 13.7. The minimum absolute atomic E-state index is 0.0877. The molecule has 0 saturated carbocycles. The van der Waals surface area contributed by atoms with Crippen molar-refractivity contribution >= 4 is 5.91 Å². The molecule has 1 fully saturated rings. The first kappa shape index (κ1) is 22.9. The lowest BCUT2D eigenvalue weighted by Gasteiger charge is -2.33. The molecule has 2 N–H and O–H groups in total. The van der Waals surface area contributed by atoms with Crippen molar-refractivity contribution in [2.75, 3.05) is 26.2 Å². The lowest BCUT2D eigenvalue weighted by Crippen LogP contribution is -2.51. The van der Waals surface area contributed by atoms with Crippen LogP contribution in [0.2, 0.25) is 0 Å². The molecule has 1 aliphatic rings. The Balaban J connectivity index is 1.58. The smallest absolute Gasteiger partial charge is 0.222 e. The molecule has 1 aliphatic heterocycles. The number of amides is 1. The van der Waals surface area contributed by atoms with Gasteiger partial charge >= 0.3 is 0 Å². The van der Waals surface area contributed by atoms with Crippen LogP contribution in [0, 0.1) is 0 Å². The Morgan fingerprint density at radius 1 is 1.18 bits per heavy atom. The summed E-state index contributed by atoms with van der Waals surface area (Å²) in [6.45, 7) is 5.16. The molecule has 1 saturated heterocycles. The topological polar surface area (TPSA) is 61.8 Å². The van der Waals surface area contributed by atoms with E-state index in [1.165, 1.54) is 32.1 Å². The maximum atomic E-state index is 12.2. The normalized spacial score (nSPS) is 18.7. The number of aliphatic hydroxyl groups excluding tert-OH is 1. The summed E-state index contributed by atoms with van der Waals surface area (Å²) in [6, 6.07) is 9.76. The molecule has 0 bridgehead atoms. The maximum Gasteiger partial charge on any atom is 0.222 e. The van der Waals surface area contributed by atoms with Crippen LogP contribution < -0.4 is 5.32 Å². The molecule has 0 aromatic heterocycles. The van der Waals surface area contributed by atoms with Crippen molar-refractivity contribution in [1.29, 1.82) is 0 Å². The van der Waals surface area contributed by atoms with Gasteiger partial charge in [-0.05, 0) is 18.4 Å². The zero-order chi connectivity index (χ0) is 20.0. The molecule has 2 atom stereocenters.